The van der Waals surface area contributed by atoms with Gasteiger partial charge in [-0.2, -0.15) is 13.2 Å². The van der Waals surface area contributed by atoms with Crippen molar-refractivity contribution in [3.8, 4) is 0 Å². The third-order valence-corrected chi connectivity index (χ3v) is 2.01. The summed E-state index contributed by atoms with van der Waals surface area (Å²) in [6.45, 7) is -0.395. The van der Waals surface area contributed by atoms with Gasteiger partial charge in [0.15, 0.2) is 0 Å². The molecule has 9 heteroatoms. The van der Waals surface area contributed by atoms with E-state index in [-0.39, 0.29) is 5.69 Å². The molecule has 1 aromatic rings. The summed E-state index contributed by atoms with van der Waals surface area (Å²) in [7, 11) is 0. The molecule has 106 valence electrons. The molecule has 0 aliphatic rings. The van der Waals surface area contributed by atoms with Crippen molar-refractivity contribution >= 4 is 11.8 Å². The Hall–Kier alpha value is -2.03. The SMILES string of the molecule is CC(OCC(F)(F)F)C(=O)NNC(=O)c1ccc[nH]1. The maximum atomic E-state index is 11.8. The summed E-state index contributed by atoms with van der Waals surface area (Å²) in [6.07, 6.45) is -4.35. The van der Waals surface area contributed by atoms with Crippen LogP contribution in [0.15, 0.2) is 18.3 Å². The number of halogens is 3. The summed E-state index contributed by atoms with van der Waals surface area (Å²) in [4.78, 5) is 25.3. The molecule has 0 saturated heterocycles. The van der Waals surface area contributed by atoms with Gasteiger partial charge in [-0.15, -0.1) is 0 Å². The molecule has 0 fully saturated rings. The molecule has 0 bridgehead atoms. The van der Waals surface area contributed by atoms with Crippen molar-refractivity contribution in [1.29, 1.82) is 0 Å². The van der Waals surface area contributed by atoms with Crippen LogP contribution in [-0.2, 0) is 9.53 Å². The topological polar surface area (TPSA) is 83.2 Å². The highest BCUT2D eigenvalue weighted by Crippen LogP contribution is 2.15. The normalized spacial score (nSPS) is 12.8. The Kier molecular flexibility index (Phi) is 4.93. The predicted molar refractivity (Wildman–Crippen MR) is 57.9 cm³/mol. The smallest absolute Gasteiger partial charge is 0.359 e. The van der Waals surface area contributed by atoms with E-state index in [1.807, 2.05) is 10.9 Å². The lowest BCUT2D eigenvalue weighted by molar-refractivity contribution is -0.185. The minimum atomic E-state index is -4.51. The Balaban J connectivity index is 2.33. The van der Waals surface area contributed by atoms with Gasteiger partial charge in [0.2, 0.25) is 0 Å². The number of carbonyl (C=O) groups is 2. The predicted octanol–water partition coefficient (Wildman–Crippen LogP) is 0.743. The average molecular weight is 279 g/mol. The molecule has 19 heavy (non-hydrogen) atoms. The maximum Gasteiger partial charge on any atom is 0.411 e. The van der Waals surface area contributed by atoms with Crippen molar-refractivity contribution in [2.24, 2.45) is 0 Å². The van der Waals surface area contributed by atoms with E-state index >= 15 is 0 Å². The standard InChI is InChI=1S/C10H12F3N3O3/c1-6(19-5-10(11,12)13)8(17)15-16-9(18)7-3-2-4-14-7/h2-4,6,14H,5H2,1H3,(H,15,17)(H,16,18). The van der Waals surface area contributed by atoms with Crippen molar-refractivity contribution in [1.82, 2.24) is 15.8 Å². The third kappa shape index (κ3) is 5.42. The van der Waals surface area contributed by atoms with Gasteiger partial charge < -0.3 is 9.72 Å². The van der Waals surface area contributed by atoms with E-state index in [1.54, 1.807) is 6.07 Å². The van der Waals surface area contributed by atoms with E-state index in [9.17, 15) is 22.8 Å². The molecule has 1 heterocycles. The van der Waals surface area contributed by atoms with Crippen LogP contribution in [0.25, 0.3) is 0 Å². The van der Waals surface area contributed by atoms with E-state index in [1.165, 1.54) is 12.3 Å². The molecule has 1 rings (SSSR count). The molecule has 1 unspecified atom stereocenters. The summed E-state index contributed by atoms with van der Waals surface area (Å²) in [5.41, 5.74) is 4.19. The third-order valence-electron chi connectivity index (χ3n) is 2.01. The van der Waals surface area contributed by atoms with Gasteiger partial charge in [-0.1, -0.05) is 0 Å². The minimum Gasteiger partial charge on any atom is -0.359 e. The summed E-state index contributed by atoms with van der Waals surface area (Å²) < 4.78 is 39.8. The first-order chi connectivity index (χ1) is 8.79. The van der Waals surface area contributed by atoms with Gasteiger partial charge in [0, 0.05) is 6.20 Å². The number of hydrogen-bond acceptors (Lipinski definition) is 3. The fourth-order valence-electron chi connectivity index (χ4n) is 1.05. The van der Waals surface area contributed by atoms with Crippen LogP contribution in [0.4, 0.5) is 13.2 Å². The van der Waals surface area contributed by atoms with Crippen LogP contribution < -0.4 is 10.9 Å². The van der Waals surface area contributed by atoms with Crippen LogP contribution >= 0.6 is 0 Å². The van der Waals surface area contributed by atoms with Gasteiger partial charge in [0.1, 0.15) is 18.4 Å². The van der Waals surface area contributed by atoms with Crippen LogP contribution in [0.5, 0.6) is 0 Å². The molecule has 1 aromatic heterocycles. The largest absolute Gasteiger partial charge is 0.411 e. The molecule has 0 aliphatic carbocycles. The number of aromatic nitrogens is 1. The number of carbonyl (C=O) groups excluding carboxylic acids is 2. The van der Waals surface area contributed by atoms with Gasteiger partial charge >= 0.3 is 6.18 Å². The monoisotopic (exact) mass is 279 g/mol. The number of rotatable bonds is 4. The molecule has 2 amide bonds. The molecule has 1 atom stereocenters. The summed E-state index contributed by atoms with van der Waals surface area (Å²) >= 11 is 0. The highest BCUT2D eigenvalue weighted by atomic mass is 19.4. The number of hydrazine groups is 1. The summed E-state index contributed by atoms with van der Waals surface area (Å²) in [5.74, 6) is -1.51. The highest BCUT2D eigenvalue weighted by Gasteiger charge is 2.30. The Morgan fingerprint density at radius 1 is 1.42 bits per heavy atom. The van der Waals surface area contributed by atoms with E-state index in [2.05, 4.69) is 9.72 Å². The van der Waals surface area contributed by atoms with Crippen LogP contribution in [0, 0.1) is 0 Å². The molecule has 6 nitrogen and oxygen atoms in total. The van der Waals surface area contributed by atoms with Crippen LogP contribution in [-0.4, -0.2) is 35.7 Å². The molecule has 3 N–H and O–H groups in total. The number of ether oxygens (including phenoxy) is 1. The molecule has 0 saturated carbocycles. The number of hydrogen-bond donors (Lipinski definition) is 3. The second-order valence-electron chi connectivity index (χ2n) is 3.60. The van der Waals surface area contributed by atoms with Crippen molar-refractivity contribution in [3.63, 3.8) is 0 Å². The number of aromatic amines is 1. The highest BCUT2D eigenvalue weighted by molar-refractivity contribution is 5.94. The Labute approximate surface area is 106 Å². The van der Waals surface area contributed by atoms with Crippen molar-refractivity contribution in [3.05, 3.63) is 24.0 Å². The fraction of sp³-hybridized carbons (Fsp3) is 0.400. The first-order valence-corrected chi connectivity index (χ1v) is 5.21. The fourth-order valence-corrected chi connectivity index (χ4v) is 1.05. The lowest BCUT2D eigenvalue weighted by atomic mass is 10.4. The molecular weight excluding hydrogens is 267 g/mol. The second kappa shape index (κ2) is 6.23. The van der Waals surface area contributed by atoms with Crippen molar-refractivity contribution < 1.29 is 27.5 Å². The lowest BCUT2D eigenvalue weighted by Gasteiger charge is -2.14. The number of nitrogens with one attached hydrogen (secondary N) is 3. The molecule has 0 radical (unpaired) electrons. The van der Waals surface area contributed by atoms with Gasteiger partial charge in [-0.3, -0.25) is 20.4 Å². The van der Waals surface area contributed by atoms with Gasteiger partial charge in [-0.25, -0.2) is 0 Å². The van der Waals surface area contributed by atoms with Gasteiger partial charge in [0.05, 0.1) is 0 Å². The first kappa shape index (κ1) is 15.0. The summed E-state index contributed by atoms with van der Waals surface area (Å²) in [6, 6.07) is 3.04. The van der Waals surface area contributed by atoms with Crippen LogP contribution in [0.2, 0.25) is 0 Å². The van der Waals surface area contributed by atoms with Gasteiger partial charge in [-0.05, 0) is 19.1 Å². The Morgan fingerprint density at radius 2 is 2.11 bits per heavy atom. The van der Waals surface area contributed by atoms with E-state index in [4.69, 9.17) is 0 Å². The zero-order valence-corrected chi connectivity index (χ0v) is 9.88. The second-order valence-corrected chi connectivity index (χ2v) is 3.60. The zero-order chi connectivity index (χ0) is 14.5. The minimum absolute atomic E-state index is 0.198. The number of H-pyrrole nitrogens is 1. The lowest BCUT2D eigenvalue weighted by Crippen LogP contribution is -2.47. The molecule has 0 aromatic carbocycles. The zero-order valence-electron chi connectivity index (χ0n) is 9.88. The Bertz CT molecular complexity index is 431. The maximum absolute atomic E-state index is 11.8. The van der Waals surface area contributed by atoms with E-state index in [0.717, 1.165) is 6.92 Å². The quantitative estimate of drug-likeness (QED) is 0.711. The first-order valence-electron chi connectivity index (χ1n) is 5.21. The van der Waals surface area contributed by atoms with Crippen LogP contribution in [0.3, 0.4) is 0 Å². The number of amides is 2. The van der Waals surface area contributed by atoms with Crippen LogP contribution in [0.1, 0.15) is 17.4 Å². The average Bonchev–Trinajstić information content (AvgIpc) is 2.85. The van der Waals surface area contributed by atoms with E-state index < -0.39 is 30.7 Å². The van der Waals surface area contributed by atoms with E-state index in [0.29, 0.717) is 0 Å². The van der Waals surface area contributed by atoms with Crippen molar-refractivity contribution in [2.45, 2.75) is 19.2 Å². The van der Waals surface area contributed by atoms with Crippen molar-refractivity contribution in [2.75, 3.05) is 6.61 Å². The molecule has 0 spiro atoms. The summed E-state index contributed by atoms with van der Waals surface area (Å²) in [5, 5.41) is 0. The molecular formula is C10H12F3N3O3. The van der Waals surface area contributed by atoms with Gasteiger partial charge in [0.25, 0.3) is 11.8 Å². The molecule has 0 aliphatic heterocycles. The number of alkyl halides is 3. The Morgan fingerprint density at radius 3 is 2.63 bits per heavy atom.